The Morgan fingerprint density at radius 3 is 2.76 bits per heavy atom. The average Bonchev–Trinajstić information content (AvgIpc) is 2.69. The van der Waals surface area contributed by atoms with Crippen LogP contribution in [-0.2, 0) is 5.41 Å². The number of hydrogen-bond donors (Lipinski definition) is 3. The van der Waals surface area contributed by atoms with Crippen LogP contribution in [0.2, 0.25) is 0 Å². The van der Waals surface area contributed by atoms with E-state index in [4.69, 9.17) is 5.73 Å². The molecule has 0 aromatic heterocycles. The molecule has 17 heavy (non-hydrogen) atoms. The minimum absolute atomic E-state index is 0.200. The van der Waals surface area contributed by atoms with Crippen LogP contribution in [0.5, 0.6) is 0 Å². The van der Waals surface area contributed by atoms with Gasteiger partial charge in [0, 0.05) is 23.2 Å². The number of anilines is 1. The van der Waals surface area contributed by atoms with Crippen LogP contribution in [0.1, 0.15) is 28.8 Å². The summed E-state index contributed by atoms with van der Waals surface area (Å²) < 4.78 is 0. The largest absolute Gasteiger partial charge is 0.384 e. The number of amides is 1. The molecule has 4 N–H and O–H groups in total. The minimum Gasteiger partial charge on any atom is -0.384 e. The van der Waals surface area contributed by atoms with Gasteiger partial charge in [0.1, 0.15) is 0 Å². The number of carbonyl (C=O) groups excluding carboxylic acids is 1. The summed E-state index contributed by atoms with van der Waals surface area (Å²) >= 11 is 0. The van der Waals surface area contributed by atoms with Crippen LogP contribution >= 0.6 is 0 Å². The zero-order chi connectivity index (χ0) is 11.9. The third kappa shape index (κ3) is 1.60. The van der Waals surface area contributed by atoms with E-state index in [9.17, 15) is 4.79 Å². The standard InChI is InChI=1S/C13H17N3O/c14-12(17)9-1-2-11-10(7-9)13(8-16-11)3-5-15-6-4-13/h1-2,7,15-16H,3-6,8H2,(H2,14,17). The topological polar surface area (TPSA) is 67.2 Å². The van der Waals surface area contributed by atoms with Gasteiger partial charge in [-0.3, -0.25) is 4.79 Å². The van der Waals surface area contributed by atoms with Crippen LogP contribution in [-0.4, -0.2) is 25.5 Å². The number of piperidine rings is 1. The normalized spacial score (nSPS) is 20.9. The van der Waals surface area contributed by atoms with Gasteiger partial charge in [0.15, 0.2) is 0 Å². The molecular formula is C13H17N3O. The number of carbonyl (C=O) groups is 1. The fraction of sp³-hybridized carbons (Fsp3) is 0.462. The van der Waals surface area contributed by atoms with Crippen molar-refractivity contribution in [2.75, 3.05) is 25.0 Å². The molecule has 1 aromatic carbocycles. The zero-order valence-electron chi connectivity index (χ0n) is 9.75. The van der Waals surface area contributed by atoms with Crippen LogP contribution in [0.4, 0.5) is 5.69 Å². The maximum atomic E-state index is 11.3. The Labute approximate surface area is 101 Å². The highest BCUT2D eigenvalue weighted by molar-refractivity contribution is 5.93. The zero-order valence-corrected chi connectivity index (χ0v) is 9.75. The Morgan fingerprint density at radius 1 is 1.29 bits per heavy atom. The molecule has 2 aliphatic rings. The predicted molar refractivity (Wildman–Crippen MR) is 67.2 cm³/mol. The van der Waals surface area contributed by atoms with Crippen molar-refractivity contribution in [3.05, 3.63) is 29.3 Å². The van der Waals surface area contributed by atoms with Gasteiger partial charge in [0.05, 0.1) is 0 Å². The van der Waals surface area contributed by atoms with Gasteiger partial charge in [0.25, 0.3) is 0 Å². The third-order valence-corrected chi connectivity index (χ3v) is 4.05. The predicted octanol–water partition coefficient (Wildman–Crippen LogP) is 0.832. The molecule has 1 aromatic rings. The minimum atomic E-state index is -0.344. The van der Waals surface area contributed by atoms with Gasteiger partial charge in [-0.1, -0.05) is 0 Å². The van der Waals surface area contributed by atoms with Crippen molar-refractivity contribution in [1.29, 1.82) is 0 Å². The molecule has 1 spiro atoms. The van der Waals surface area contributed by atoms with Crippen LogP contribution in [0.25, 0.3) is 0 Å². The number of nitrogens with one attached hydrogen (secondary N) is 2. The number of fused-ring (bicyclic) bond motifs is 2. The molecule has 3 rings (SSSR count). The lowest BCUT2D eigenvalue weighted by Crippen LogP contribution is -2.41. The van der Waals surface area contributed by atoms with E-state index in [2.05, 4.69) is 10.6 Å². The van der Waals surface area contributed by atoms with Crippen molar-refractivity contribution < 1.29 is 4.79 Å². The van der Waals surface area contributed by atoms with E-state index in [1.165, 1.54) is 5.56 Å². The van der Waals surface area contributed by atoms with E-state index in [-0.39, 0.29) is 11.3 Å². The van der Waals surface area contributed by atoms with Gasteiger partial charge in [-0.25, -0.2) is 0 Å². The fourth-order valence-corrected chi connectivity index (χ4v) is 3.00. The second kappa shape index (κ2) is 3.74. The van der Waals surface area contributed by atoms with E-state index in [1.54, 1.807) is 6.07 Å². The van der Waals surface area contributed by atoms with Gasteiger partial charge < -0.3 is 16.4 Å². The lowest BCUT2D eigenvalue weighted by atomic mass is 9.74. The molecule has 0 atom stereocenters. The molecule has 0 saturated carbocycles. The Balaban J connectivity index is 2.04. The van der Waals surface area contributed by atoms with Crippen molar-refractivity contribution in [3.8, 4) is 0 Å². The van der Waals surface area contributed by atoms with Gasteiger partial charge in [0.2, 0.25) is 5.91 Å². The van der Waals surface area contributed by atoms with Gasteiger partial charge >= 0.3 is 0 Å². The van der Waals surface area contributed by atoms with E-state index in [0.29, 0.717) is 5.56 Å². The number of nitrogens with two attached hydrogens (primary N) is 1. The summed E-state index contributed by atoms with van der Waals surface area (Å²) in [6.07, 6.45) is 2.24. The summed E-state index contributed by atoms with van der Waals surface area (Å²) in [7, 11) is 0. The van der Waals surface area contributed by atoms with Gasteiger partial charge in [-0.05, 0) is 49.7 Å². The Bertz CT molecular complexity index is 458. The number of rotatable bonds is 1. The van der Waals surface area contributed by atoms with Crippen molar-refractivity contribution in [2.24, 2.45) is 5.73 Å². The average molecular weight is 231 g/mol. The smallest absolute Gasteiger partial charge is 0.248 e. The summed E-state index contributed by atoms with van der Waals surface area (Å²) in [5.74, 6) is -0.344. The molecule has 2 heterocycles. The number of hydrogen-bond acceptors (Lipinski definition) is 3. The molecule has 4 nitrogen and oxygen atoms in total. The Morgan fingerprint density at radius 2 is 2.06 bits per heavy atom. The number of benzene rings is 1. The fourth-order valence-electron chi connectivity index (χ4n) is 3.00. The quantitative estimate of drug-likeness (QED) is 0.670. The molecular weight excluding hydrogens is 214 g/mol. The van der Waals surface area contributed by atoms with E-state index in [1.807, 2.05) is 12.1 Å². The maximum absolute atomic E-state index is 11.3. The maximum Gasteiger partial charge on any atom is 0.248 e. The summed E-state index contributed by atoms with van der Waals surface area (Å²) in [5, 5.41) is 6.83. The molecule has 90 valence electrons. The lowest BCUT2D eigenvalue weighted by molar-refractivity contribution is 0.1000. The Kier molecular flexibility index (Phi) is 2.33. The molecule has 0 radical (unpaired) electrons. The summed E-state index contributed by atoms with van der Waals surface area (Å²) in [6.45, 7) is 3.07. The SMILES string of the molecule is NC(=O)c1ccc2c(c1)C1(CCNCC1)CN2. The molecule has 1 fully saturated rings. The molecule has 0 bridgehead atoms. The summed E-state index contributed by atoms with van der Waals surface area (Å²) in [5.41, 5.74) is 8.61. The summed E-state index contributed by atoms with van der Waals surface area (Å²) in [6, 6.07) is 5.75. The van der Waals surface area contributed by atoms with Crippen LogP contribution in [0.15, 0.2) is 18.2 Å². The third-order valence-electron chi connectivity index (χ3n) is 4.05. The lowest BCUT2D eigenvalue weighted by Gasteiger charge is -2.34. The van der Waals surface area contributed by atoms with Crippen molar-refractivity contribution in [1.82, 2.24) is 5.32 Å². The van der Waals surface area contributed by atoms with Crippen molar-refractivity contribution >= 4 is 11.6 Å². The highest BCUT2D eigenvalue weighted by Gasteiger charge is 2.39. The van der Waals surface area contributed by atoms with Crippen molar-refractivity contribution in [2.45, 2.75) is 18.3 Å². The van der Waals surface area contributed by atoms with E-state index >= 15 is 0 Å². The molecule has 1 saturated heterocycles. The highest BCUT2D eigenvalue weighted by atomic mass is 16.1. The second-order valence-electron chi connectivity index (χ2n) is 5.01. The van der Waals surface area contributed by atoms with Gasteiger partial charge in [-0.15, -0.1) is 0 Å². The van der Waals surface area contributed by atoms with Crippen LogP contribution < -0.4 is 16.4 Å². The second-order valence-corrected chi connectivity index (χ2v) is 5.01. The highest BCUT2D eigenvalue weighted by Crippen LogP contribution is 2.43. The van der Waals surface area contributed by atoms with Crippen LogP contribution in [0.3, 0.4) is 0 Å². The van der Waals surface area contributed by atoms with E-state index in [0.717, 1.165) is 38.2 Å². The molecule has 2 aliphatic heterocycles. The van der Waals surface area contributed by atoms with E-state index < -0.39 is 0 Å². The monoisotopic (exact) mass is 231 g/mol. The first-order valence-electron chi connectivity index (χ1n) is 6.10. The number of primary amides is 1. The first-order chi connectivity index (χ1) is 8.21. The first kappa shape index (κ1) is 10.6. The molecule has 0 aliphatic carbocycles. The van der Waals surface area contributed by atoms with Crippen molar-refractivity contribution in [3.63, 3.8) is 0 Å². The molecule has 1 amide bonds. The molecule has 4 heteroatoms. The first-order valence-corrected chi connectivity index (χ1v) is 6.10. The van der Waals surface area contributed by atoms with Gasteiger partial charge in [-0.2, -0.15) is 0 Å². The Hall–Kier alpha value is -1.55. The molecule has 0 unspecified atom stereocenters. The van der Waals surface area contributed by atoms with Crippen LogP contribution in [0, 0.1) is 0 Å². The summed E-state index contributed by atoms with van der Waals surface area (Å²) in [4.78, 5) is 11.3.